The number of aryl methyl sites for hydroxylation is 1. The maximum absolute atomic E-state index is 12.4. The number of unbranched alkanes of at least 4 members (excludes halogenated alkanes) is 5. The van der Waals surface area contributed by atoms with E-state index < -0.39 is 6.04 Å². The van der Waals surface area contributed by atoms with Gasteiger partial charge in [-0.05, 0) is 49.8 Å². The van der Waals surface area contributed by atoms with Crippen LogP contribution in [0.1, 0.15) is 80.6 Å². The van der Waals surface area contributed by atoms with Gasteiger partial charge >= 0.3 is 0 Å². The van der Waals surface area contributed by atoms with Crippen LogP contribution in [-0.4, -0.2) is 24.4 Å². The molecule has 0 spiro atoms. The molecule has 1 fully saturated rings. The fourth-order valence-electron chi connectivity index (χ4n) is 3.25. The molecule has 2 amide bonds. The maximum Gasteiger partial charge on any atom is 0.251 e. The number of hydrogen-bond donors (Lipinski definition) is 2. The highest BCUT2D eigenvalue weighted by Crippen LogP contribution is 2.12. The van der Waals surface area contributed by atoms with Gasteiger partial charge in [-0.2, -0.15) is 0 Å². The monoisotopic (exact) mass is 344 g/mol. The Bertz CT molecular complexity index is 539. The second kappa shape index (κ2) is 10.9. The second-order valence-electron chi connectivity index (χ2n) is 7.03. The van der Waals surface area contributed by atoms with Crippen LogP contribution in [0.25, 0.3) is 0 Å². The van der Waals surface area contributed by atoms with Crippen LogP contribution in [0.2, 0.25) is 0 Å². The summed E-state index contributed by atoms with van der Waals surface area (Å²) in [5.74, 6) is -0.223. The third-order valence-electron chi connectivity index (χ3n) is 4.88. The Morgan fingerprint density at radius 1 is 1.08 bits per heavy atom. The molecule has 2 rings (SSSR count). The molecule has 0 bridgehead atoms. The van der Waals surface area contributed by atoms with E-state index in [2.05, 4.69) is 17.6 Å². The number of nitrogens with one attached hydrogen (secondary N) is 2. The van der Waals surface area contributed by atoms with Crippen LogP contribution >= 0.6 is 0 Å². The van der Waals surface area contributed by atoms with Crippen LogP contribution in [0.4, 0.5) is 0 Å². The average molecular weight is 344 g/mol. The van der Waals surface area contributed by atoms with Crippen LogP contribution in [0, 0.1) is 0 Å². The van der Waals surface area contributed by atoms with Crippen LogP contribution in [0.15, 0.2) is 24.3 Å². The molecule has 138 valence electrons. The molecule has 4 nitrogen and oxygen atoms in total. The van der Waals surface area contributed by atoms with Crippen LogP contribution < -0.4 is 10.6 Å². The van der Waals surface area contributed by atoms with Gasteiger partial charge in [-0.3, -0.25) is 9.59 Å². The molecule has 0 unspecified atom stereocenters. The van der Waals surface area contributed by atoms with Crippen molar-refractivity contribution < 1.29 is 9.59 Å². The molecule has 1 aliphatic heterocycles. The molecule has 1 aliphatic rings. The number of rotatable bonds is 9. The minimum Gasteiger partial charge on any atom is -0.354 e. The zero-order valence-electron chi connectivity index (χ0n) is 15.5. The summed E-state index contributed by atoms with van der Waals surface area (Å²) in [7, 11) is 0. The summed E-state index contributed by atoms with van der Waals surface area (Å²) in [5.41, 5.74) is 1.91. The van der Waals surface area contributed by atoms with E-state index in [1.54, 1.807) is 0 Å². The Morgan fingerprint density at radius 2 is 1.80 bits per heavy atom. The molecule has 0 radical (unpaired) electrons. The lowest BCUT2D eigenvalue weighted by atomic mass is 10.0. The third-order valence-corrected chi connectivity index (χ3v) is 4.88. The number of amides is 2. The van der Waals surface area contributed by atoms with Gasteiger partial charge in [0.2, 0.25) is 5.91 Å². The summed E-state index contributed by atoms with van der Waals surface area (Å²) in [6, 6.07) is 7.41. The summed E-state index contributed by atoms with van der Waals surface area (Å²) >= 11 is 0. The van der Waals surface area contributed by atoms with Gasteiger partial charge in [-0.1, -0.05) is 51.2 Å². The zero-order chi connectivity index (χ0) is 17.9. The molecular formula is C21H32N2O2. The molecule has 0 saturated carbocycles. The van der Waals surface area contributed by atoms with Gasteiger partial charge in [0.25, 0.3) is 5.91 Å². The maximum atomic E-state index is 12.4. The third kappa shape index (κ3) is 6.89. The van der Waals surface area contributed by atoms with Gasteiger partial charge in [0.05, 0.1) is 0 Å². The first-order valence-corrected chi connectivity index (χ1v) is 9.88. The topological polar surface area (TPSA) is 58.2 Å². The lowest BCUT2D eigenvalue weighted by Crippen LogP contribution is -2.45. The molecule has 2 N–H and O–H groups in total. The van der Waals surface area contributed by atoms with E-state index in [1.165, 1.54) is 44.1 Å². The Labute approximate surface area is 151 Å². The number of carbonyl (C=O) groups excluding carboxylic acids is 2. The Hall–Kier alpha value is -1.84. The van der Waals surface area contributed by atoms with Crippen molar-refractivity contribution in [1.29, 1.82) is 0 Å². The highest BCUT2D eigenvalue weighted by molar-refractivity contribution is 5.97. The molecule has 1 aromatic rings. The van der Waals surface area contributed by atoms with Crippen molar-refractivity contribution in [2.24, 2.45) is 0 Å². The van der Waals surface area contributed by atoms with Crippen molar-refractivity contribution >= 4 is 11.8 Å². The van der Waals surface area contributed by atoms with Crippen molar-refractivity contribution in [2.75, 3.05) is 6.54 Å². The number of benzene rings is 1. The van der Waals surface area contributed by atoms with Crippen molar-refractivity contribution in [1.82, 2.24) is 10.6 Å². The minimum absolute atomic E-state index is 0.0643. The van der Waals surface area contributed by atoms with Gasteiger partial charge in [0.1, 0.15) is 6.04 Å². The van der Waals surface area contributed by atoms with Crippen LogP contribution in [-0.2, 0) is 11.2 Å². The molecule has 1 saturated heterocycles. The number of hydrogen-bond acceptors (Lipinski definition) is 2. The molecule has 1 aromatic carbocycles. The molecule has 1 atom stereocenters. The fourth-order valence-corrected chi connectivity index (χ4v) is 3.25. The normalized spacial score (nSPS) is 17.6. The highest BCUT2D eigenvalue weighted by atomic mass is 16.2. The van der Waals surface area contributed by atoms with Gasteiger partial charge < -0.3 is 10.6 Å². The smallest absolute Gasteiger partial charge is 0.251 e. The van der Waals surface area contributed by atoms with Crippen molar-refractivity contribution in [2.45, 2.75) is 77.2 Å². The lowest BCUT2D eigenvalue weighted by molar-refractivity contribution is -0.122. The Morgan fingerprint density at radius 3 is 2.56 bits per heavy atom. The van der Waals surface area contributed by atoms with Crippen molar-refractivity contribution in [3.8, 4) is 0 Å². The summed E-state index contributed by atoms with van der Waals surface area (Å²) < 4.78 is 0. The SMILES string of the molecule is CCCCCCCCc1ccc(C(=O)N[C@H]2CCCCNC2=O)cc1. The molecule has 1 heterocycles. The summed E-state index contributed by atoms with van der Waals surface area (Å²) in [5, 5.41) is 5.71. The molecule has 0 aromatic heterocycles. The van der Waals surface area contributed by atoms with E-state index in [-0.39, 0.29) is 11.8 Å². The summed E-state index contributed by atoms with van der Waals surface area (Å²) in [6.07, 6.45) is 11.5. The van der Waals surface area contributed by atoms with Crippen LogP contribution in [0.5, 0.6) is 0 Å². The first kappa shape index (κ1) is 19.5. The average Bonchev–Trinajstić information content (AvgIpc) is 2.83. The van der Waals surface area contributed by atoms with E-state index in [0.29, 0.717) is 18.5 Å². The summed E-state index contributed by atoms with van der Waals surface area (Å²) in [6.45, 7) is 2.94. The predicted octanol–water partition coefficient (Wildman–Crippen LogP) is 3.99. The van der Waals surface area contributed by atoms with Crippen molar-refractivity contribution in [3.05, 3.63) is 35.4 Å². The molecular weight excluding hydrogens is 312 g/mol. The first-order valence-electron chi connectivity index (χ1n) is 9.88. The predicted molar refractivity (Wildman–Crippen MR) is 102 cm³/mol. The lowest BCUT2D eigenvalue weighted by Gasteiger charge is -2.15. The van der Waals surface area contributed by atoms with E-state index >= 15 is 0 Å². The Kier molecular flexibility index (Phi) is 8.50. The van der Waals surface area contributed by atoms with E-state index in [4.69, 9.17) is 0 Å². The number of carbonyl (C=O) groups is 2. The largest absolute Gasteiger partial charge is 0.354 e. The van der Waals surface area contributed by atoms with Crippen molar-refractivity contribution in [3.63, 3.8) is 0 Å². The second-order valence-corrected chi connectivity index (χ2v) is 7.03. The van der Waals surface area contributed by atoms with E-state index in [9.17, 15) is 9.59 Å². The molecule has 0 aliphatic carbocycles. The van der Waals surface area contributed by atoms with E-state index in [1.807, 2.05) is 24.3 Å². The molecule has 25 heavy (non-hydrogen) atoms. The molecule has 4 heteroatoms. The van der Waals surface area contributed by atoms with Gasteiger partial charge in [-0.15, -0.1) is 0 Å². The fraction of sp³-hybridized carbons (Fsp3) is 0.619. The van der Waals surface area contributed by atoms with E-state index in [0.717, 1.165) is 19.3 Å². The van der Waals surface area contributed by atoms with Gasteiger partial charge in [0, 0.05) is 12.1 Å². The minimum atomic E-state index is -0.405. The summed E-state index contributed by atoms with van der Waals surface area (Å²) in [4.78, 5) is 24.3. The Balaban J connectivity index is 1.76. The zero-order valence-corrected chi connectivity index (χ0v) is 15.5. The van der Waals surface area contributed by atoms with Crippen LogP contribution in [0.3, 0.4) is 0 Å². The highest BCUT2D eigenvalue weighted by Gasteiger charge is 2.22. The first-order chi connectivity index (χ1) is 12.2. The van der Waals surface area contributed by atoms with Gasteiger partial charge in [0.15, 0.2) is 0 Å². The quantitative estimate of drug-likeness (QED) is 0.666. The standard InChI is InChI=1S/C21H32N2O2/c1-2-3-4-5-6-7-10-17-12-14-18(15-13-17)20(24)23-19-11-8-9-16-22-21(19)25/h12-15,19H,2-11,16H2,1H3,(H,22,25)(H,23,24)/t19-/m0/s1. The van der Waals surface area contributed by atoms with Gasteiger partial charge in [-0.25, -0.2) is 0 Å².